The largest absolute Gasteiger partial charge is 0.441 e. The van der Waals surface area contributed by atoms with Gasteiger partial charge in [0.1, 0.15) is 5.82 Å². The number of alkyl halides is 1. The van der Waals surface area contributed by atoms with Crippen LogP contribution in [0.3, 0.4) is 0 Å². The van der Waals surface area contributed by atoms with Crippen molar-refractivity contribution in [2.75, 3.05) is 5.88 Å². The molecule has 0 saturated heterocycles. The molecule has 1 aromatic carbocycles. The van der Waals surface area contributed by atoms with Crippen molar-refractivity contribution in [3.63, 3.8) is 0 Å². The van der Waals surface area contributed by atoms with Crippen LogP contribution >= 0.6 is 34.2 Å². The molecule has 0 amide bonds. The van der Waals surface area contributed by atoms with Gasteiger partial charge in [0.2, 0.25) is 0 Å². The third-order valence-corrected chi connectivity index (χ3v) is 3.43. The van der Waals surface area contributed by atoms with Gasteiger partial charge < -0.3 is 4.42 Å². The van der Waals surface area contributed by atoms with E-state index in [1.807, 2.05) is 0 Å². The summed E-state index contributed by atoms with van der Waals surface area (Å²) < 4.78 is 19.4. The molecular weight excluding hydrogens is 355 g/mol. The first kappa shape index (κ1) is 12.8. The Morgan fingerprint density at radius 3 is 2.94 bits per heavy atom. The molecule has 0 spiro atoms. The zero-order valence-corrected chi connectivity index (χ0v) is 11.8. The van der Waals surface area contributed by atoms with Crippen molar-refractivity contribution in [2.45, 2.75) is 12.8 Å². The zero-order chi connectivity index (χ0) is 12.3. The van der Waals surface area contributed by atoms with Gasteiger partial charge in [0, 0.05) is 21.4 Å². The Bertz CT molecular complexity index is 515. The number of aromatic nitrogens is 1. The lowest BCUT2D eigenvalue weighted by Crippen LogP contribution is -1.85. The summed E-state index contributed by atoms with van der Waals surface area (Å²) in [4.78, 5) is 4.17. The maximum absolute atomic E-state index is 13.0. The van der Waals surface area contributed by atoms with Gasteiger partial charge in [0.25, 0.3) is 0 Å². The molecule has 0 aliphatic rings. The molecule has 0 unspecified atom stereocenters. The molecule has 5 heteroatoms. The first-order valence-corrected chi connectivity index (χ1v) is 6.78. The number of halogens is 3. The van der Waals surface area contributed by atoms with Gasteiger partial charge in [-0.25, -0.2) is 9.37 Å². The summed E-state index contributed by atoms with van der Waals surface area (Å²) in [6.07, 6.45) is 3.22. The molecule has 2 nitrogen and oxygen atoms in total. The van der Waals surface area contributed by atoms with Gasteiger partial charge in [0.15, 0.2) is 11.7 Å². The number of hydrogen-bond acceptors (Lipinski definition) is 2. The number of benzene rings is 1. The van der Waals surface area contributed by atoms with E-state index in [0.717, 1.165) is 22.0 Å². The number of nitrogens with zero attached hydrogens (tertiary/aromatic N) is 1. The van der Waals surface area contributed by atoms with Crippen molar-refractivity contribution >= 4 is 34.2 Å². The maximum atomic E-state index is 13.0. The van der Waals surface area contributed by atoms with E-state index in [-0.39, 0.29) is 5.82 Å². The van der Waals surface area contributed by atoms with Crippen LogP contribution in [-0.2, 0) is 6.42 Å². The van der Waals surface area contributed by atoms with Gasteiger partial charge in [-0.15, -0.1) is 11.6 Å². The summed E-state index contributed by atoms with van der Waals surface area (Å²) in [5.41, 5.74) is 0.858. The second-order valence-corrected chi connectivity index (χ2v) is 5.08. The maximum Gasteiger partial charge on any atom is 0.194 e. The molecule has 0 N–H and O–H groups in total. The van der Waals surface area contributed by atoms with E-state index in [1.54, 1.807) is 12.3 Å². The van der Waals surface area contributed by atoms with Crippen molar-refractivity contribution in [1.82, 2.24) is 4.98 Å². The van der Waals surface area contributed by atoms with Gasteiger partial charge in [-0.2, -0.15) is 0 Å². The van der Waals surface area contributed by atoms with E-state index < -0.39 is 0 Å². The van der Waals surface area contributed by atoms with E-state index in [0.29, 0.717) is 17.5 Å². The standard InChI is InChI=1S/C12H10ClFINO/c13-5-1-2-12-16-7-11(17-12)9-4-3-8(14)6-10(9)15/h3-4,6-7H,1-2,5H2. The number of rotatable bonds is 4. The van der Waals surface area contributed by atoms with Gasteiger partial charge in [-0.1, -0.05) is 0 Å². The average molecular weight is 366 g/mol. The molecule has 0 atom stereocenters. The van der Waals surface area contributed by atoms with E-state index in [1.165, 1.54) is 12.1 Å². The minimum atomic E-state index is -0.250. The molecule has 0 bridgehead atoms. The molecule has 90 valence electrons. The van der Waals surface area contributed by atoms with Gasteiger partial charge in [0.05, 0.1) is 6.20 Å². The molecule has 2 rings (SSSR count). The van der Waals surface area contributed by atoms with E-state index in [9.17, 15) is 4.39 Å². The van der Waals surface area contributed by atoms with Crippen molar-refractivity contribution in [3.8, 4) is 11.3 Å². The van der Waals surface area contributed by atoms with Crippen molar-refractivity contribution in [1.29, 1.82) is 0 Å². The number of aryl methyl sites for hydroxylation is 1. The van der Waals surface area contributed by atoms with Crippen LogP contribution in [0.5, 0.6) is 0 Å². The topological polar surface area (TPSA) is 26.0 Å². The highest BCUT2D eigenvalue weighted by atomic mass is 127. The lowest BCUT2D eigenvalue weighted by molar-refractivity contribution is 0.503. The lowest BCUT2D eigenvalue weighted by atomic mass is 10.2. The van der Waals surface area contributed by atoms with Crippen LogP contribution in [0.1, 0.15) is 12.3 Å². The highest BCUT2D eigenvalue weighted by molar-refractivity contribution is 14.1. The van der Waals surface area contributed by atoms with Crippen LogP contribution in [-0.4, -0.2) is 10.9 Å². The Balaban J connectivity index is 2.24. The van der Waals surface area contributed by atoms with Crippen LogP contribution in [0.4, 0.5) is 4.39 Å². The zero-order valence-electron chi connectivity index (χ0n) is 8.92. The van der Waals surface area contributed by atoms with Crippen molar-refractivity contribution < 1.29 is 8.81 Å². The van der Waals surface area contributed by atoms with Crippen molar-refractivity contribution in [2.24, 2.45) is 0 Å². The Morgan fingerprint density at radius 1 is 1.41 bits per heavy atom. The Kier molecular flexibility index (Phi) is 4.39. The Hall–Kier alpha value is -0.620. The molecule has 1 heterocycles. The summed E-state index contributed by atoms with van der Waals surface area (Å²) in [7, 11) is 0. The molecule has 0 aliphatic carbocycles. The summed E-state index contributed by atoms with van der Waals surface area (Å²) in [6.45, 7) is 0. The fourth-order valence-corrected chi connectivity index (χ4v) is 2.33. The quantitative estimate of drug-likeness (QED) is 0.598. The normalized spacial score (nSPS) is 10.8. The van der Waals surface area contributed by atoms with Crippen LogP contribution in [0.2, 0.25) is 0 Å². The molecule has 0 radical (unpaired) electrons. The smallest absolute Gasteiger partial charge is 0.194 e. The number of hydrogen-bond donors (Lipinski definition) is 0. The van der Waals surface area contributed by atoms with Crippen LogP contribution in [0.25, 0.3) is 11.3 Å². The van der Waals surface area contributed by atoms with Crippen LogP contribution in [0, 0.1) is 9.39 Å². The van der Waals surface area contributed by atoms with E-state index >= 15 is 0 Å². The highest BCUT2D eigenvalue weighted by Gasteiger charge is 2.10. The fourth-order valence-electron chi connectivity index (χ4n) is 1.46. The highest BCUT2D eigenvalue weighted by Crippen LogP contribution is 2.26. The Morgan fingerprint density at radius 2 is 2.24 bits per heavy atom. The first-order valence-electron chi connectivity index (χ1n) is 5.17. The molecule has 17 heavy (non-hydrogen) atoms. The predicted molar refractivity (Wildman–Crippen MR) is 73.7 cm³/mol. The first-order chi connectivity index (χ1) is 8.20. The lowest BCUT2D eigenvalue weighted by Gasteiger charge is -2.00. The second kappa shape index (κ2) is 5.82. The molecular formula is C12H10ClFINO. The Labute approximate surface area is 117 Å². The third kappa shape index (κ3) is 3.19. The minimum Gasteiger partial charge on any atom is -0.441 e. The fraction of sp³-hybridized carbons (Fsp3) is 0.250. The monoisotopic (exact) mass is 365 g/mol. The van der Waals surface area contributed by atoms with Crippen molar-refractivity contribution in [3.05, 3.63) is 39.7 Å². The SMILES string of the molecule is Fc1ccc(-c2cnc(CCCCl)o2)c(I)c1. The average Bonchev–Trinajstić information content (AvgIpc) is 2.75. The van der Waals surface area contributed by atoms with E-state index in [2.05, 4.69) is 27.6 Å². The molecule has 2 aromatic rings. The molecule has 0 fully saturated rings. The summed E-state index contributed by atoms with van der Waals surface area (Å²) in [5.74, 6) is 1.67. The molecule has 1 aromatic heterocycles. The number of oxazole rings is 1. The van der Waals surface area contributed by atoms with Crippen LogP contribution in [0.15, 0.2) is 28.8 Å². The van der Waals surface area contributed by atoms with E-state index in [4.69, 9.17) is 16.0 Å². The second-order valence-electron chi connectivity index (χ2n) is 3.53. The van der Waals surface area contributed by atoms with Gasteiger partial charge in [-0.3, -0.25) is 0 Å². The molecule has 0 saturated carbocycles. The predicted octanol–water partition coefficient (Wildman–Crippen LogP) is 4.26. The minimum absolute atomic E-state index is 0.250. The summed E-state index contributed by atoms with van der Waals surface area (Å²) in [5, 5.41) is 0. The third-order valence-electron chi connectivity index (χ3n) is 2.27. The van der Waals surface area contributed by atoms with Gasteiger partial charge >= 0.3 is 0 Å². The summed E-state index contributed by atoms with van der Waals surface area (Å²) >= 11 is 7.68. The van der Waals surface area contributed by atoms with Crippen LogP contribution < -0.4 is 0 Å². The molecule has 0 aliphatic heterocycles. The summed E-state index contributed by atoms with van der Waals surface area (Å²) in [6, 6.07) is 4.58. The van der Waals surface area contributed by atoms with Gasteiger partial charge in [-0.05, 0) is 47.2 Å².